The minimum absolute atomic E-state index is 0.0218. The van der Waals surface area contributed by atoms with Gasteiger partial charge in [-0.1, -0.05) is 19.1 Å². The van der Waals surface area contributed by atoms with Crippen LogP contribution in [0.25, 0.3) is 0 Å². The highest BCUT2D eigenvalue weighted by Gasteiger charge is 2.14. The molecule has 3 heteroatoms. The first-order valence-corrected chi connectivity index (χ1v) is 7.25. The summed E-state index contributed by atoms with van der Waals surface area (Å²) in [4.78, 5) is 0. The second kappa shape index (κ2) is 6.81. The predicted octanol–water partition coefficient (Wildman–Crippen LogP) is 4.47. The van der Waals surface area contributed by atoms with Gasteiger partial charge in [0.15, 0.2) is 0 Å². The van der Waals surface area contributed by atoms with E-state index in [4.69, 9.17) is 0 Å². The van der Waals surface area contributed by atoms with Crippen LogP contribution in [0.4, 0.5) is 8.78 Å². The third kappa shape index (κ3) is 4.11. The van der Waals surface area contributed by atoms with Gasteiger partial charge >= 0.3 is 0 Å². The third-order valence-corrected chi connectivity index (χ3v) is 3.65. The van der Waals surface area contributed by atoms with E-state index in [1.165, 1.54) is 18.2 Å². The fourth-order valence-corrected chi connectivity index (χ4v) is 2.63. The van der Waals surface area contributed by atoms with Gasteiger partial charge in [-0.2, -0.15) is 0 Å². The molecule has 0 aliphatic heterocycles. The van der Waals surface area contributed by atoms with Crippen molar-refractivity contribution in [2.75, 3.05) is 6.54 Å². The summed E-state index contributed by atoms with van der Waals surface area (Å²) in [5.74, 6) is -0.443. The molecule has 0 heterocycles. The van der Waals surface area contributed by atoms with Crippen LogP contribution in [-0.2, 0) is 6.42 Å². The summed E-state index contributed by atoms with van der Waals surface area (Å²) in [5, 5.41) is 3.38. The standard InChI is InChI=1S/C18H21F2N/c1-4-21-18(15-7-12(2)8-17(20)10-15)11-14-5-6-16(19)9-13(14)3/h5-10,18,21H,4,11H2,1-3H3. The molecule has 1 unspecified atom stereocenters. The van der Waals surface area contributed by atoms with E-state index in [1.54, 1.807) is 12.1 Å². The van der Waals surface area contributed by atoms with E-state index >= 15 is 0 Å². The lowest BCUT2D eigenvalue weighted by molar-refractivity contribution is 0.540. The van der Waals surface area contributed by atoms with Crippen LogP contribution in [0.2, 0.25) is 0 Å². The van der Waals surface area contributed by atoms with Crippen molar-refractivity contribution in [3.63, 3.8) is 0 Å². The first-order chi connectivity index (χ1) is 9.99. The van der Waals surface area contributed by atoms with Crippen molar-refractivity contribution >= 4 is 0 Å². The SMILES string of the molecule is CCNC(Cc1ccc(F)cc1C)c1cc(C)cc(F)c1. The minimum Gasteiger partial charge on any atom is -0.310 e. The molecular formula is C18H21F2N. The zero-order valence-electron chi connectivity index (χ0n) is 12.7. The quantitative estimate of drug-likeness (QED) is 0.856. The maximum absolute atomic E-state index is 13.6. The lowest BCUT2D eigenvalue weighted by atomic mass is 9.95. The van der Waals surface area contributed by atoms with Gasteiger partial charge in [0.2, 0.25) is 0 Å². The third-order valence-electron chi connectivity index (χ3n) is 3.65. The summed E-state index contributed by atoms with van der Waals surface area (Å²) in [6.07, 6.45) is 0.711. The van der Waals surface area contributed by atoms with Crippen LogP contribution < -0.4 is 5.32 Å². The van der Waals surface area contributed by atoms with E-state index in [0.29, 0.717) is 6.42 Å². The fraction of sp³-hybridized carbons (Fsp3) is 0.333. The molecule has 0 fully saturated rings. The molecule has 1 N–H and O–H groups in total. The van der Waals surface area contributed by atoms with Gasteiger partial charge in [-0.05, 0) is 73.3 Å². The summed E-state index contributed by atoms with van der Waals surface area (Å²) in [7, 11) is 0. The maximum Gasteiger partial charge on any atom is 0.123 e. The normalized spacial score (nSPS) is 12.4. The molecule has 0 saturated carbocycles. The van der Waals surface area contributed by atoms with Crippen LogP contribution in [0, 0.1) is 25.5 Å². The lowest BCUT2D eigenvalue weighted by Crippen LogP contribution is -2.23. The van der Waals surface area contributed by atoms with E-state index in [-0.39, 0.29) is 17.7 Å². The summed E-state index contributed by atoms with van der Waals surface area (Å²) < 4.78 is 26.8. The summed E-state index contributed by atoms with van der Waals surface area (Å²) in [6, 6.07) is 9.93. The van der Waals surface area contributed by atoms with Crippen molar-refractivity contribution in [2.45, 2.75) is 33.2 Å². The minimum atomic E-state index is -0.224. The first kappa shape index (κ1) is 15.6. The molecule has 0 aliphatic rings. The topological polar surface area (TPSA) is 12.0 Å². The van der Waals surface area contributed by atoms with Crippen LogP contribution in [-0.4, -0.2) is 6.54 Å². The smallest absolute Gasteiger partial charge is 0.123 e. The molecule has 2 aromatic rings. The Balaban J connectivity index is 2.30. The molecule has 21 heavy (non-hydrogen) atoms. The Morgan fingerprint density at radius 2 is 1.76 bits per heavy atom. The van der Waals surface area contributed by atoms with Crippen molar-refractivity contribution in [1.29, 1.82) is 0 Å². The molecule has 0 radical (unpaired) electrons. The van der Waals surface area contributed by atoms with Gasteiger partial charge in [-0.15, -0.1) is 0 Å². The molecule has 2 aromatic carbocycles. The monoisotopic (exact) mass is 289 g/mol. The average Bonchev–Trinajstić information content (AvgIpc) is 2.40. The Hall–Kier alpha value is -1.74. The van der Waals surface area contributed by atoms with Gasteiger partial charge in [-0.25, -0.2) is 8.78 Å². The van der Waals surface area contributed by atoms with E-state index in [2.05, 4.69) is 5.32 Å². The number of likely N-dealkylation sites (N-methyl/N-ethyl adjacent to an activating group) is 1. The predicted molar refractivity (Wildman–Crippen MR) is 82.4 cm³/mol. The molecule has 0 aliphatic carbocycles. The van der Waals surface area contributed by atoms with Crippen LogP contribution in [0.15, 0.2) is 36.4 Å². The molecule has 2 rings (SSSR count). The Bertz CT molecular complexity index is 602. The highest BCUT2D eigenvalue weighted by atomic mass is 19.1. The van der Waals surface area contributed by atoms with Crippen LogP contribution in [0.3, 0.4) is 0 Å². The van der Waals surface area contributed by atoms with E-state index in [0.717, 1.165) is 28.8 Å². The summed E-state index contributed by atoms with van der Waals surface area (Å²) in [6.45, 7) is 6.61. The molecular weight excluding hydrogens is 268 g/mol. The van der Waals surface area contributed by atoms with Crippen LogP contribution in [0.5, 0.6) is 0 Å². The Labute approximate surface area is 125 Å². The Morgan fingerprint density at radius 1 is 1.00 bits per heavy atom. The van der Waals surface area contributed by atoms with Crippen LogP contribution >= 0.6 is 0 Å². The molecule has 0 spiro atoms. The molecule has 112 valence electrons. The van der Waals surface area contributed by atoms with Crippen molar-refractivity contribution < 1.29 is 8.78 Å². The van der Waals surface area contributed by atoms with Gasteiger partial charge in [0, 0.05) is 6.04 Å². The summed E-state index contributed by atoms with van der Waals surface area (Å²) in [5.41, 5.74) is 3.83. The molecule has 0 amide bonds. The lowest BCUT2D eigenvalue weighted by Gasteiger charge is -2.20. The van der Waals surface area contributed by atoms with Crippen molar-refractivity contribution in [3.05, 3.63) is 70.3 Å². The number of benzene rings is 2. The van der Waals surface area contributed by atoms with E-state index < -0.39 is 0 Å². The Morgan fingerprint density at radius 3 is 2.38 bits per heavy atom. The van der Waals surface area contributed by atoms with Gasteiger partial charge in [0.05, 0.1) is 0 Å². The van der Waals surface area contributed by atoms with Gasteiger partial charge in [0.25, 0.3) is 0 Å². The highest BCUT2D eigenvalue weighted by molar-refractivity contribution is 5.31. The van der Waals surface area contributed by atoms with Gasteiger partial charge in [0.1, 0.15) is 11.6 Å². The Kier molecular flexibility index (Phi) is 5.07. The first-order valence-electron chi connectivity index (χ1n) is 7.25. The van der Waals surface area contributed by atoms with E-state index in [1.807, 2.05) is 26.8 Å². The number of nitrogens with one attached hydrogen (secondary N) is 1. The van der Waals surface area contributed by atoms with E-state index in [9.17, 15) is 8.78 Å². The van der Waals surface area contributed by atoms with Gasteiger partial charge in [-0.3, -0.25) is 0 Å². The second-order valence-electron chi connectivity index (χ2n) is 5.45. The summed E-state index contributed by atoms with van der Waals surface area (Å²) >= 11 is 0. The molecule has 0 aromatic heterocycles. The molecule has 0 bridgehead atoms. The number of hydrogen-bond donors (Lipinski definition) is 1. The number of hydrogen-bond acceptors (Lipinski definition) is 1. The van der Waals surface area contributed by atoms with Crippen molar-refractivity contribution in [2.24, 2.45) is 0 Å². The fourth-order valence-electron chi connectivity index (χ4n) is 2.63. The maximum atomic E-state index is 13.6. The molecule has 1 nitrogen and oxygen atoms in total. The van der Waals surface area contributed by atoms with Crippen molar-refractivity contribution in [1.82, 2.24) is 5.32 Å². The highest BCUT2D eigenvalue weighted by Crippen LogP contribution is 2.23. The molecule has 0 saturated heterocycles. The zero-order valence-corrected chi connectivity index (χ0v) is 12.7. The average molecular weight is 289 g/mol. The second-order valence-corrected chi connectivity index (χ2v) is 5.45. The van der Waals surface area contributed by atoms with Crippen LogP contribution in [0.1, 0.15) is 35.2 Å². The van der Waals surface area contributed by atoms with Crippen molar-refractivity contribution in [3.8, 4) is 0 Å². The number of rotatable bonds is 5. The largest absolute Gasteiger partial charge is 0.310 e. The molecule has 1 atom stereocenters. The number of aryl methyl sites for hydroxylation is 2. The zero-order chi connectivity index (χ0) is 15.4. The number of halogens is 2. The van der Waals surface area contributed by atoms with Gasteiger partial charge < -0.3 is 5.32 Å².